The van der Waals surface area contributed by atoms with E-state index in [0.29, 0.717) is 23.0 Å². The Hall–Kier alpha value is -3.78. The Morgan fingerprint density at radius 1 is 1.00 bits per heavy atom. The van der Waals surface area contributed by atoms with Crippen LogP contribution in [0.25, 0.3) is 11.4 Å². The topological polar surface area (TPSA) is 89.8 Å². The van der Waals surface area contributed by atoms with E-state index in [9.17, 15) is 9.59 Å². The number of nitrogens with one attached hydrogen (secondary N) is 1. The Balaban J connectivity index is 1.51. The second-order valence-corrected chi connectivity index (χ2v) is 9.13. The van der Waals surface area contributed by atoms with Gasteiger partial charge in [0.05, 0.1) is 5.25 Å². The predicted octanol–water partition coefficient (Wildman–Crippen LogP) is 4.90. The van der Waals surface area contributed by atoms with Crippen LogP contribution in [-0.2, 0) is 17.8 Å². The molecule has 2 heterocycles. The van der Waals surface area contributed by atoms with Crippen molar-refractivity contribution in [3.63, 3.8) is 0 Å². The van der Waals surface area contributed by atoms with E-state index in [1.165, 1.54) is 24.2 Å². The van der Waals surface area contributed by atoms with Crippen LogP contribution in [0.5, 0.6) is 0 Å². The third kappa shape index (κ3) is 5.77. The SMILES string of the molecule is CC(=O)c1ccc(NC(=O)[C@@H](C)Sc2nnc(-c3cccnc3)n2CCc2ccccc2)cc1. The third-order valence-electron chi connectivity index (χ3n) is 5.31. The van der Waals surface area contributed by atoms with Crippen molar-refractivity contribution in [2.24, 2.45) is 0 Å². The first-order valence-electron chi connectivity index (χ1n) is 11.0. The van der Waals surface area contributed by atoms with Gasteiger partial charge in [0, 0.05) is 35.8 Å². The first-order chi connectivity index (χ1) is 16.5. The van der Waals surface area contributed by atoms with E-state index in [-0.39, 0.29) is 11.7 Å². The average Bonchev–Trinajstić information content (AvgIpc) is 3.26. The number of hydrogen-bond acceptors (Lipinski definition) is 6. The third-order valence-corrected chi connectivity index (χ3v) is 6.39. The number of thioether (sulfide) groups is 1. The highest BCUT2D eigenvalue weighted by Gasteiger charge is 2.21. The summed E-state index contributed by atoms with van der Waals surface area (Å²) in [5.74, 6) is 0.557. The van der Waals surface area contributed by atoms with Crippen LogP contribution in [0.1, 0.15) is 29.8 Å². The van der Waals surface area contributed by atoms with Gasteiger partial charge in [0.25, 0.3) is 0 Å². The number of carbonyl (C=O) groups excluding carboxylic acids is 2. The molecule has 0 radical (unpaired) electrons. The number of carbonyl (C=O) groups is 2. The van der Waals surface area contributed by atoms with Crippen LogP contribution in [0.15, 0.2) is 84.3 Å². The molecule has 1 atom stereocenters. The van der Waals surface area contributed by atoms with E-state index in [2.05, 4.69) is 32.6 Å². The summed E-state index contributed by atoms with van der Waals surface area (Å²) < 4.78 is 2.04. The number of Topliss-reactive ketones (excluding diaryl/α,β-unsaturated/α-hetero) is 1. The number of anilines is 1. The number of aryl methyl sites for hydroxylation is 1. The van der Waals surface area contributed by atoms with Crippen LogP contribution in [-0.4, -0.2) is 36.7 Å². The summed E-state index contributed by atoms with van der Waals surface area (Å²) in [6, 6.07) is 20.9. The van der Waals surface area contributed by atoms with Gasteiger partial charge in [-0.05, 0) is 62.2 Å². The van der Waals surface area contributed by atoms with Crippen molar-refractivity contribution in [2.75, 3.05) is 5.32 Å². The predicted molar refractivity (Wildman–Crippen MR) is 134 cm³/mol. The molecule has 0 bridgehead atoms. The molecule has 0 aliphatic rings. The Morgan fingerprint density at radius 2 is 1.76 bits per heavy atom. The summed E-state index contributed by atoms with van der Waals surface area (Å²) in [4.78, 5) is 28.5. The lowest BCUT2D eigenvalue weighted by Gasteiger charge is -2.14. The molecule has 4 aromatic rings. The zero-order chi connectivity index (χ0) is 23.9. The maximum atomic E-state index is 12.8. The molecule has 1 N–H and O–H groups in total. The molecule has 8 heteroatoms. The number of rotatable bonds is 9. The standard InChI is InChI=1S/C26H25N5O2S/c1-18(32)21-10-12-23(13-11-21)28-25(33)19(2)34-26-30-29-24(22-9-6-15-27-17-22)31(26)16-14-20-7-4-3-5-8-20/h3-13,15,17,19H,14,16H2,1-2H3,(H,28,33)/t19-/m1/s1. The molecule has 0 fully saturated rings. The number of ketones is 1. The van der Waals surface area contributed by atoms with Crippen molar-refractivity contribution >= 4 is 29.1 Å². The molecule has 1 amide bonds. The second kappa shape index (κ2) is 10.9. The zero-order valence-electron chi connectivity index (χ0n) is 19.0. The minimum Gasteiger partial charge on any atom is -0.325 e. The van der Waals surface area contributed by atoms with Crippen molar-refractivity contribution in [1.29, 1.82) is 0 Å². The molecule has 2 aromatic heterocycles. The minimum atomic E-state index is -0.408. The van der Waals surface area contributed by atoms with E-state index >= 15 is 0 Å². The molecule has 0 aliphatic carbocycles. The highest BCUT2D eigenvalue weighted by atomic mass is 32.2. The smallest absolute Gasteiger partial charge is 0.237 e. The molecular formula is C26H25N5O2S. The van der Waals surface area contributed by atoms with Gasteiger partial charge in [-0.25, -0.2) is 0 Å². The van der Waals surface area contributed by atoms with Crippen molar-refractivity contribution in [3.05, 3.63) is 90.3 Å². The lowest BCUT2D eigenvalue weighted by atomic mass is 10.1. The highest BCUT2D eigenvalue weighted by molar-refractivity contribution is 8.00. The van der Waals surface area contributed by atoms with E-state index in [0.717, 1.165) is 17.8 Å². The molecule has 0 saturated carbocycles. The molecule has 0 unspecified atom stereocenters. The van der Waals surface area contributed by atoms with Crippen LogP contribution in [0, 0.1) is 0 Å². The molecule has 2 aromatic carbocycles. The number of nitrogens with zero attached hydrogens (tertiary/aromatic N) is 4. The number of amides is 1. The molecule has 7 nitrogen and oxygen atoms in total. The fourth-order valence-corrected chi connectivity index (χ4v) is 4.29. The number of aromatic nitrogens is 4. The minimum absolute atomic E-state index is 0.0129. The quantitative estimate of drug-likeness (QED) is 0.276. The van der Waals surface area contributed by atoms with E-state index in [4.69, 9.17) is 0 Å². The summed E-state index contributed by atoms with van der Waals surface area (Å²) in [5.41, 5.74) is 3.33. The summed E-state index contributed by atoms with van der Waals surface area (Å²) in [6.07, 6.45) is 4.29. The fourth-order valence-electron chi connectivity index (χ4n) is 3.42. The Morgan fingerprint density at radius 3 is 2.44 bits per heavy atom. The maximum absolute atomic E-state index is 12.8. The lowest BCUT2D eigenvalue weighted by molar-refractivity contribution is -0.115. The molecule has 0 saturated heterocycles. The summed E-state index contributed by atoms with van der Waals surface area (Å²) in [5, 5.41) is 12.0. The Bertz CT molecular complexity index is 1260. The first-order valence-corrected chi connectivity index (χ1v) is 11.9. The number of benzene rings is 2. The van der Waals surface area contributed by atoms with Crippen LogP contribution < -0.4 is 5.32 Å². The first kappa shape index (κ1) is 23.4. The molecule has 0 spiro atoms. The Kier molecular flexibility index (Phi) is 7.49. The highest BCUT2D eigenvalue weighted by Crippen LogP contribution is 2.27. The summed E-state index contributed by atoms with van der Waals surface area (Å²) >= 11 is 1.36. The van der Waals surface area contributed by atoms with Crippen LogP contribution in [0.4, 0.5) is 5.69 Å². The molecule has 4 rings (SSSR count). The summed E-state index contributed by atoms with van der Waals surface area (Å²) in [7, 11) is 0. The largest absolute Gasteiger partial charge is 0.325 e. The average molecular weight is 472 g/mol. The van der Waals surface area contributed by atoms with Crippen LogP contribution >= 0.6 is 11.8 Å². The van der Waals surface area contributed by atoms with Gasteiger partial charge in [0.15, 0.2) is 16.8 Å². The van der Waals surface area contributed by atoms with E-state index < -0.39 is 5.25 Å². The molecule has 172 valence electrons. The van der Waals surface area contributed by atoms with Gasteiger partial charge in [-0.1, -0.05) is 42.1 Å². The van der Waals surface area contributed by atoms with Gasteiger partial charge in [-0.15, -0.1) is 10.2 Å². The van der Waals surface area contributed by atoms with E-state index in [1.54, 1.807) is 36.7 Å². The van der Waals surface area contributed by atoms with Gasteiger partial charge in [0.1, 0.15) is 0 Å². The molecular weight excluding hydrogens is 446 g/mol. The van der Waals surface area contributed by atoms with E-state index in [1.807, 2.05) is 41.8 Å². The van der Waals surface area contributed by atoms with Crippen LogP contribution in [0.2, 0.25) is 0 Å². The van der Waals surface area contributed by atoms with Crippen molar-refractivity contribution in [1.82, 2.24) is 19.7 Å². The van der Waals surface area contributed by atoms with Crippen molar-refractivity contribution in [2.45, 2.75) is 37.2 Å². The van der Waals surface area contributed by atoms with Crippen molar-refractivity contribution in [3.8, 4) is 11.4 Å². The normalized spacial score (nSPS) is 11.7. The van der Waals surface area contributed by atoms with Gasteiger partial charge in [0.2, 0.25) is 5.91 Å². The Labute approximate surface area is 202 Å². The van der Waals surface area contributed by atoms with Gasteiger partial charge < -0.3 is 9.88 Å². The number of hydrogen-bond donors (Lipinski definition) is 1. The summed E-state index contributed by atoms with van der Waals surface area (Å²) in [6.45, 7) is 4.02. The lowest BCUT2D eigenvalue weighted by Crippen LogP contribution is -2.23. The maximum Gasteiger partial charge on any atom is 0.237 e. The molecule has 0 aliphatic heterocycles. The van der Waals surface area contributed by atoms with Gasteiger partial charge in [-0.3, -0.25) is 14.6 Å². The fraction of sp³-hybridized carbons (Fsp3) is 0.192. The monoisotopic (exact) mass is 471 g/mol. The zero-order valence-corrected chi connectivity index (χ0v) is 19.8. The second-order valence-electron chi connectivity index (χ2n) is 7.82. The van der Waals surface area contributed by atoms with Crippen LogP contribution in [0.3, 0.4) is 0 Å². The number of pyridine rings is 1. The van der Waals surface area contributed by atoms with Crippen molar-refractivity contribution < 1.29 is 9.59 Å². The van der Waals surface area contributed by atoms with Gasteiger partial charge >= 0.3 is 0 Å². The van der Waals surface area contributed by atoms with Gasteiger partial charge in [-0.2, -0.15) is 0 Å². The molecule has 34 heavy (non-hydrogen) atoms.